The molecule has 1 aliphatic rings. The molecule has 7 nitrogen and oxygen atoms in total. The van der Waals surface area contributed by atoms with Gasteiger partial charge in [-0.1, -0.05) is 12.8 Å². The molecule has 116 valence electrons. The largest absolute Gasteiger partial charge is 0.394 e. The average molecular weight is 318 g/mol. The Morgan fingerprint density at radius 1 is 1.38 bits per heavy atom. The Morgan fingerprint density at radius 2 is 2.00 bits per heavy atom. The number of hydrogen-bond acceptors (Lipinski definition) is 5. The summed E-state index contributed by atoms with van der Waals surface area (Å²) >= 11 is 0. The maximum Gasteiger partial charge on any atom is 0.306 e. The van der Waals surface area contributed by atoms with Gasteiger partial charge in [-0.15, -0.1) is 0 Å². The molecule has 1 fully saturated rings. The molecule has 1 aromatic carbocycles. The van der Waals surface area contributed by atoms with Crippen molar-refractivity contribution in [3.8, 4) is 0 Å². The summed E-state index contributed by atoms with van der Waals surface area (Å²) in [5.74, 6) is -1.10. The van der Waals surface area contributed by atoms with Gasteiger partial charge >= 0.3 is 5.69 Å². The van der Waals surface area contributed by atoms with E-state index in [1.54, 1.807) is 0 Å². The van der Waals surface area contributed by atoms with Crippen molar-refractivity contribution in [3.05, 3.63) is 34.1 Å². The van der Waals surface area contributed by atoms with Crippen LogP contribution in [0, 0.1) is 15.9 Å². The summed E-state index contributed by atoms with van der Waals surface area (Å²) in [6.07, 6.45) is 2.55. The second-order valence-corrected chi connectivity index (χ2v) is 6.80. The number of halogens is 1. The van der Waals surface area contributed by atoms with Crippen LogP contribution in [0.2, 0.25) is 0 Å². The molecule has 0 heterocycles. The predicted molar refractivity (Wildman–Crippen MR) is 71.7 cm³/mol. The van der Waals surface area contributed by atoms with Crippen molar-refractivity contribution >= 4 is 15.7 Å². The summed E-state index contributed by atoms with van der Waals surface area (Å²) in [6.45, 7) is -0.352. The molecule has 0 spiro atoms. The van der Waals surface area contributed by atoms with Crippen molar-refractivity contribution in [3.63, 3.8) is 0 Å². The molecule has 0 aromatic heterocycles. The summed E-state index contributed by atoms with van der Waals surface area (Å²) in [5, 5.41) is 20.1. The molecule has 1 saturated carbocycles. The molecule has 2 rings (SSSR count). The van der Waals surface area contributed by atoms with Gasteiger partial charge in [0, 0.05) is 6.07 Å². The Morgan fingerprint density at radius 3 is 2.52 bits per heavy atom. The zero-order valence-corrected chi connectivity index (χ0v) is 11.9. The zero-order chi connectivity index (χ0) is 15.7. The van der Waals surface area contributed by atoms with E-state index in [9.17, 15) is 28.0 Å². The van der Waals surface area contributed by atoms with Crippen LogP contribution in [0.25, 0.3) is 0 Å². The van der Waals surface area contributed by atoms with E-state index < -0.39 is 36.9 Å². The third kappa shape index (κ3) is 3.20. The number of nitro benzene ring substituents is 1. The van der Waals surface area contributed by atoms with Gasteiger partial charge in [0.15, 0.2) is 0 Å². The minimum atomic E-state index is -4.07. The Labute approximate surface area is 121 Å². The van der Waals surface area contributed by atoms with E-state index in [4.69, 9.17) is 0 Å². The minimum absolute atomic E-state index is 0.352. The van der Waals surface area contributed by atoms with Crippen molar-refractivity contribution in [2.75, 3.05) is 6.61 Å². The van der Waals surface area contributed by atoms with Crippen LogP contribution in [0.15, 0.2) is 23.1 Å². The fourth-order valence-corrected chi connectivity index (χ4v) is 3.96. The fourth-order valence-electron chi connectivity index (χ4n) is 2.49. The number of nitrogens with one attached hydrogen (secondary N) is 1. The second-order valence-electron chi connectivity index (χ2n) is 5.12. The molecule has 9 heteroatoms. The van der Waals surface area contributed by atoms with Crippen molar-refractivity contribution in [1.29, 1.82) is 0 Å². The molecule has 0 saturated heterocycles. The van der Waals surface area contributed by atoms with Gasteiger partial charge in [-0.05, 0) is 25.0 Å². The van der Waals surface area contributed by atoms with Crippen molar-refractivity contribution in [1.82, 2.24) is 4.72 Å². The number of hydrogen-bond donors (Lipinski definition) is 2. The lowest BCUT2D eigenvalue weighted by atomic mass is 10.0. The Kier molecular flexibility index (Phi) is 4.26. The lowest BCUT2D eigenvalue weighted by Crippen LogP contribution is -2.49. The molecule has 21 heavy (non-hydrogen) atoms. The van der Waals surface area contributed by atoms with E-state index >= 15 is 0 Å². The van der Waals surface area contributed by atoms with Crippen LogP contribution < -0.4 is 4.72 Å². The SMILES string of the molecule is O=[N+]([O-])c1cc(S(=O)(=O)NC2(CO)CCCC2)ccc1F. The highest BCUT2D eigenvalue weighted by atomic mass is 32.2. The van der Waals surface area contributed by atoms with E-state index in [-0.39, 0.29) is 6.61 Å². The van der Waals surface area contributed by atoms with Gasteiger partial charge in [0.05, 0.1) is 22.0 Å². The maximum atomic E-state index is 13.3. The third-order valence-corrected chi connectivity index (χ3v) is 5.22. The van der Waals surface area contributed by atoms with Crippen LogP contribution in [0.5, 0.6) is 0 Å². The van der Waals surface area contributed by atoms with E-state index in [0.717, 1.165) is 25.0 Å². The number of nitro groups is 1. The van der Waals surface area contributed by atoms with Gasteiger partial charge in [0.1, 0.15) is 0 Å². The second kappa shape index (κ2) is 5.66. The van der Waals surface area contributed by atoms with Gasteiger partial charge in [0.2, 0.25) is 15.8 Å². The highest BCUT2D eigenvalue weighted by Gasteiger charge is 2.38. The fraction of sp³-hybridized carbons (Fsp3) is 0.500. The number of rotatable bonds is 5. The minimum Gasteiger partial charge on any atom is -0.394 e. The molecule has 0 bridgehead atoms. The predicted octanol–water partition coefficient (Wildman–Crippen LogP) is 1.32. The molecule has 0 atom stereocenters. The van der Waals surface area contributed by atoms with Crippen molar-refractivity contribution in [2.45, 2.75) is 36.1 Å². The number of sulfonamides is 1. The van der Waals surface area contributed by atoms with Crippen molar-refractivity contribution < 1.29 is 22.8 Å². The van der Waals surface area contributed by atoms with Gasteiger partial charge in [0.25, 0.3) is 0 Å². The number of aliphatic hydroxyl groups excluding tert-OH is 1. The third-order valence-electron chi connectivity index (χ3n) is 3.64. The molecule has 0 unspecified atom stereocenters. The first kappa shape index (κ1) is 15.8. The molecular weight excluding hydrogens is 303 g/mol. The summed E-state index contributed by atoms with van der Waals surface area (Å²) in [6, 6.07) is 2.38. The number of aliphatic hydroxyl groups is 1. The lowest BCUT2D eigenvalue weighted by molar-refractivity contribution is -0.387. The summed E-state index contributed by atoms with van der Waals surface area (Å²) in [5.41, 5.74) is -1.84. The quantitative estimate of drug-likeness (QED) is 0.628. The molecule has 0 amide bonds. The van der Waals surface area contributed by atoms with E-state index in [1.807, 2.05) is 0 Å². The van der Waals surface area contributed by atoms with Crippen LogP contribution in [-0.2, 0) is 10.0 Å². The smallest absolute Gasteiger partial charge is 0.306 e. The number of nitrogens with zero attached hydrogens (tertiary/aromatic N) is 1. The maximum absolute atomic E-state index is 13.3. The van der Waals surface area contributed by atoms with Crippen LogP contribution in [-0.4, -0.2) is 30.6 Å². The Balaban J connectivity index is 2.36. The average Bonchev–Trinajstić information content (AvgIpc) is 2.87. The summed E-state index contributed by atoms with van der Waals surface area (Å²) in [7, 11) is -4.07. The molecule has 0 aliphatic heterocycles. The lowest BCUT2D eigenvalue weighted by Gasteiger charge is -2.27. The monoisotopic (exact) mass is 318 g/mol. The molecule has 2 N–H and O–H groups in total. The first-order valence-electron chi connectivity index (χ1n) is 6.38. The van der Waals surface area contributed by atoms with Gasteiger partial charge in [-0.2, -0.15) is 4.39 Å². The molecule has 1 aliphatic carbocycles. The molecule has 0 radical (unpaired) electrons. The standard InChI is InChI=1S/C12H15FN2O5S/c13-10-4-3-9(7-11(10)15(17)18)21(19,20)14-12(8-16)5-1-2-6-12/h3-4,7,14,16H,1-2,5-6,8H2. The van der Waals surface area contributed by atoms with Crippen LogP contribution >= 0.6 is 0 Å². The van der Waals surface area contributed by atoms with Gasteiger partial charge in [-0.25, -0.2) is 13.1 Å². The summed E-state index contributed by atoms with van der Waals surface area (Å²) in [4.78, 5) is 9.30. The highest BCUT2D eigenvalue weighted by Crippen LogP contribution is 2.31. The first-order valence-corrected chi connectivity index (χ1v) is 7.87. The van der Waals surface area contributed by atoms with Crippen molar-refractivity contribution in [2.24, 2.45) is 0 Å². The van der Waals surface area contributed by atoms with Crippen LogP contribution in [0.1, 0.15) is 25.7 Å². The Bertz CT molecular complexity index is 656. The van der Waals surface area contributed by atoms with Crippen LogP contribution in [0.3, 0.4) is 0 Å². The van der Waals surface area contributed by atoms with Gasteiger partial charge in [-0.3, -0.25) is 10.1 Å². The van der Waals surface area contributed by atoms with E-state index in [1.165, 1.54) is 0 Å². The number of benzene rings is 1. The van der Waals surface area contributed by atoms with Crippen LogP contribution in [0.4, 0.5) is 10.1 Å². The molecular formula is C12H15FN2O5S. The first-order chi connectivity index (χ1) is 9.80. The zero-order valence-electron chi connectivity index (χ0n) is 11.1. The summed E-state index contributed by atoms with van der Waals surface area (Å²) < 4.78 is 40.2. The topological polar surface area (TPSA) is 110 Å². The normalized spacial score (nSPS) is 17.8. The highest BCUT2D eigenvalue weighted by molar-refractivity contribution is 7.89. The molecule has 1 aromatic rings. The van der Waals surface area contributed by atoms with E-state index in [0.29, 0.717) is 18.9 Å². The van der Waals surface area contributed by atoms with Gasteiger partial charge < -0.3 is 5.11 Å². The van der Waals surface area contributed by atoms with E-state index in [2.05, 4.69) is 4.72 Å². The Hall–Kier alpha value is -1.58.